The molecule has 0 bridgehead atoms. The van der Waals surface area contributed by atoms with Crippen molar-refractivity contribution in [3.05, 3.63) is 36.2 Å². The predicted molar refractivity (Wildman–Crippen MR) is 107 cm³/mol. The number of esters is 1. The van der Waals surface area contributed by atoms with Crippen LogP contribution in [0.25, 0.3) is 0 Å². The van der Waals surface area contributed by atoms with Gasteiger partial charge >= 0.3 is 5.97 Å². The zero-order chi connectivity index (χ0) is 20.4. The highest BCUT2D eigenvalue weighted by Crippen LogP contribution is 2.42. The average Bonchev–Trinajstić information content (AvgIpc) is 3.32. The summed E-state index contributed by atoms with van der Waals surface area (Å²) in [4.78, 5) is 31.6. The van der Waals surface area contributed by atoms with Crippen molar-refractivity contribution in [1.29, 1.82) is 0 Å². The molecule has 2 unspecified atom stereocenters. The molecule has 2 atom stereocenters. The van der Waals surface area contributed by atoms with Crippen molar-refractivity contribution in [2.75, 3.05) is 26.8 Å². The molecular weight excluding hydrogens is 392 g/mol. The van der Waals surface area contributed by atoms with Crippen LogP contribution >= 0.6 is 11.8 Å². The third-order valence-corrected chi connectivity index (χ3v) is 6.67. The number of hydrogen-bond donors (Lipinski definition) is 0. The van der Waals surface area contributed by atoms with E-state index < -0.39 is 0 Å². The number of likely N-dealkylation sites (tertiary alicyclic amines) is 1. The Hall–Kier alpha value is -2.39. The van der Waals surface area contributed by atoms with E-state index in [1.807, 2.05) is 31.2 Å². The van der Waals surface area contributed by atoms with Crippen LogP contribution < -0.4 is 4.74 Å². The summed E-state index contributed by atoms with van der Waals surface area (Å²) in [6.45, 7) is 3.65. The highest BCUT2D eigenvalue weighted by atomic mass is 32.2. The topological polar surface area (TPSA) is 86.5 Å². The third-order valence-electron chi connectivity index (χ3n) is 5.47. The number of nitrogens with zero attached hydrogens (tertiary/aromatic N) is 4. The van der Waals surface area contributed by atoms with Gasteiger partial charge in [-0.3, -0.25) is 14.5 Å². The van der Waals surface area contributed by atoms with Crippen molar-refractivity contribution in [1.82, 2.24) is 19.7 Å². The monoisotopic (exact) mass is 416 g/mol. The molecule has 2 aliphatic rings. The van der Waals surface area contributed by atoms with E-state index in [0.717, 1.165) is 11.3 Å². The van der Waals surface area contributed by atoms with E-state index in [0.29, 0.717) is 37.7 Å². The second-order valence-corrected chi connectivity index (χ2v) is 8.22. The van der Waals surface area contributed by atoms with Crippen LogP contribution in [0.5, 0.6) is 5.75 Å². The minimum absolute atomic E-state index is 0.0668. The highest BCUT2D eigenvalue weighted by molar-refractivity contribution is 8.00. The van der Waals surface area contributed by atoms with E-state index in [1.165, 1.54) is 22.8 Å². The predicted octanol–water partition coefficient (Wildman–Crippen LogP) is 2.42. The number of benzene rings is 1. The summed E-state index contributed by atoms with van der Waals surface area (Å²) in [5, 5.41) is 4.34. The molecule has 0 saturated carbocycles. The van der Waals surface area contributed by atoms with E-state index in [1.54, 1.807) is 7.11 Å². The number of piperidine rings is 1. The summed E-state index contributed by atoms with van der Waals surface area (Å²) in [5.41, 5.74) is 1.01. The average molecular weight is 417 g/mol. The summed E-state index contributed by atoms with van der Waals surface area (Å²) in [5.74, 6) is 0.477. The summed E-state index contributed by atoms with van der Waals surface area (Å²) >= 11 is 1.44. The molecule has 3 heterocycles. The van der Waals surface area contributed by atoms with Gasteiger partial charge in [0.2, 0.25) is 0 Å². The summed E-state index contributed by atoms with van der Waals surface area (Å²) < 4.78 is 12.0. The van der Waals surface area contributed by atoms with E-state index in [-0.39, 0.29) is 29.1 Å². The standard InChI is InChI=1S/C20H24N4O4S/c1-3-28-19(26)13-7-9-23(10-8-13)16(14-5-4-6-15(11-14)27-2)17-18(25)24-20(29-17)21-12-22-24/h4-6,11-13,16-17H,3,7-10H2,1-2H3. The minimum atomic E-state index is -0.350. The zero-order valence-corrected chi connectivity index (χ0v) is 17.3. The molecule has 4 rings (SSSR count). The van der Waals surface area contributed by atoms with Gasteiger partial charge in [0.05, 0.1) is 25.7 Å². The zero-order valence-electron chi connectivity index (χ0n) is 16.5. The van der Waals surface area contributed by atoms with Crippen LogP contribution in [0.2, 0.25) is 0 Å². The van der Waals surface area contributed by atoms with Crippen LogP contribution in [0.3, 0.4) is 0 Å². The number of carbonyl (C=O) groups is 2. The first-order valence-corrected chi connectivity index (χ1v) is 10.7. The summed E-state index contributed by atoms with van der Waals surface area (Å²) in [6, 6.07) is 7.67. The smallest absolute Gasteiger partial charge is 0.309 e. The molecule has 1 aromatic heterocycles. The fraction of sp³-hybridized carbons (Fsp3) is 0.500. The van der Waals surface area contributed by atoms with Gasteiger partial charge < -0.3 is 9.47 Å². The lowest BCUT2D eigenvalue weighted by molar-refractivity contribution is -0.149. The molecule has 0 aliphatic carbocycles. The number of aromatic nitrogens is 3. The molecule has 2 aliphatic heterocycles. The van der Waals surface area contributed by atoms with Crippen molar-refractivity contribution < 1.29 is 19.1 Å². The Morgan fingerprint density at radius 3 is 2.83 bits per heavy atom. The van der Waals surface area contributed by atoms with Gasteiger partial charge in [-0.05, 0) is 50.6 Å². The van der Waals surface area contributed by atoms with E-state index in [4.69, 9.17) is 9.47 Å². The lowest BCUT2D eigenvalue weighted by Crippen LogP contribution is -2.44. The van der Waals surface area contributed by atoms with Gasteiger partial charge in [-0.1, -0.05) is 23.9 Å². The first-order chi connectivity index (χ1) is 14.1. The molecule has 0 radical (unpaired) electrons. The molecule has 1 saturated heterocycles. The van der Waals surface area contributed by atoms with E-state index >= 15 is 0 Å². The molecule has 0 N–H and O–H groups in total. The lowest BCUT2D eigenvalue weighted by Gasteiger charge is -2.38. The van der Waals surface area contributed by atoms with Crippen LogP contribution in [0.1, 0.15) is 36.2 Å². The van der Waals surface area contributed by atoms with Crippen LogP contribution in [0, 0.1) is 5.92 Å². The Labute approximate surface area is 173 Å². The third kappa shape index (κ3) is 3.89. The number of ether oxygens (including phenoxy) is 2. The van der Waals surface area contributed by atoms with Gasteiger partial charge in [-0.25, -0.2) is 4.98 Å². The molecule has 154 valence electrons. The number of hydrogen-bond acceptors (Lipinski definition) is 8. The van der Waals surface area contributed by atoms with E-state index in [2.05, 4.69) is 15.0 Å². The largest absolute Gasteiger partial charge is 0.497 e. The van der Waals surface area contributed by atoms with Gasteiger partial charge in [0.15, 0.2) is 5.16 Å². The van der Waals surface area contributed by atoms with Gasteiger partial charge in [-0.15, -0.1) is 0 Å². The van der Waals surface area contributed by atoms with Crippen molar-refractivity contribution in [3.8, 4) is 5.75 Å². The fourth-order valence-corrected chi connectivity index (χ4v) is 5.25. The van der Waals surface area contributed by atoms with Crippen molar-refractivity contribution >= 4 is 23.6 Å². The molecule has 9 heteroatoms. The highest BCUT2D eigenvalue weighted by Gasteiger charge is 2.43. The molecule has 29 heavy (non-hydrogen) atoms. The Morgan fingerprint density at radius 1 is 1.34 bits per heavy atom. The number of carbonyl (C=O) groups excluding carboxylic acids is 2. The van der Waals surface area contributed by atoms with Crippen molar-refractivity contribution in [3.63, 3.8) is 0 Å². The van der Waals surface area contributed by atoms with Crippen LogP contribution in [-0.2, 0) is 9.53 Å². The van der Waals surface area contributed by atoms with Gasteiger partial charge in [-0.2, -0.15) is 9.78 Å². The number of methoxy groups -OCH3 is 1. The maximum absolute atomic E-state index is 13.0. The molecule has 1 aromatic carbocycles. The van der Waals surface area contributed by atoms with Crippen LogP contribution in [-0.4, -0.2) is 63.6 Å². The molecule has 2 aromatic rings. The van der Waals surface area contributed by atoms with E-state index in [9.17, 15) is 9.59 Å². The second-order valence-electron chi connectivity index (χ2n) is 7.11. The molecule has 0 spiro atoms. The Kier molecular flexibility index (Phi) is 5.86. The minimum Gasteiger partial charge on any atom is -0.497 e. The van der Waals surface area contributed by atoms with Gasteiger partial charge in [0.25, 0.3) is 5.91 Å². The quantitative estimate of drug-likeness (QED) is 0.664. The molecule has 1 fully saturated rings. The van der Waals surface area contributed by atoms with Crippen LogP contribution in [0.4, 0.5) is 0 Å². The summed E-state index contributed by atoms with van der Waals surface area (Å²) in [6.07, 6.45) is 2.84. The second kappa shape index (κ2) is 8.54. The number of fused-ring (bicyclic) bond motifs is 1. The Morgan fingerprint density at radius 2 is 2.14 bits per heavy atom. The van der Waals surface area contributed by atoms with Crippen molar-refractivity contribution in [2.45, 2.75) is 36.2 Å². The van der Waals surface area contributed by atoms with Crippen molar-refractivity contribution in [2.24, 2.45) is 5.92 Å². The van der Waals surface area contributed by atoms with Gasteiger partial charge in [0, 0.05) is 0 Å². The lowest BCUT2D eigenvalue weighted by atomic mass is 9.92. The molecule has 0 amide bonds. The molecule has 8 nitrogen and oxygen atoms in total. The number of rotatable bonds is 6. The van der Waals surface area contributed by atoms with Crippen LogP contribution in [0.15, 0.2) is 35.7 Å². The normalized spacial score (nSPS) is 21.0. The maximum atomic E-state index is 13.0. The summed E-state index contributed by atoms with van der Waals surface area (Å²) in [7, 11) is 1.63. The first kappa shape index (κ1) is 19.9. The number of thioether (sulfide) groups is 1. The SMILES string of the molecule is CCOC(=O)C1CCN(C(c2cccc(OC)c2)C2Sc3ncnn3C2=O)CC1. The van der Waals surface area contributed by atoms with Gasteiger partial charge in [0.1, 0.15) is 17.3 Å². The molecular formula is C20H24N4O4S. The fourth-order valence-electron chi connectivity index (χ4n) is 4.02. The maximum Gasteiger partial charge on any atom is 0.309 e. The first-order valence-electron chi connectivity index (χ1n) is 9.78. The Balaban J connectivity index is 1.59. The Bertz CT molecular complexity index is 894.